The van der Waals surface area contributed by atoms with Gasteiger partial charge in [-0.25, -0.2) is 25.5 Å². The second-order valence-electron chi connectivity index (χ2n) is 30.8. The van der Waals surface area contributed by atoms with Crippen molar-refractivity contribution in [1.82, 2.24) is 34.5 Å². The Kier molecular flexibility index (Phi) is 27.5. The predicted octanol–water partition coefficient (Wildman–Crippen LogP) is 20.2. The molecule has 16 rings (SSSR count). The molecule has 25 nitrogen and oxygen atoms in total. The van der Waals surface area contributed by atoms with E-state index in [-0.39, 0.29) is 51.4 Å². The Balaban J connectivity index is 0.000000143. The van der Waals surface area contributed by atoms with Gasteiger partial charge in [0.15, 0.2) is 9.84 Å². The number of rotatable bonds is 23. The molecule has 0 saturated carbocycles. The van der Waals surface area contributed by atoms with Crippen molar-refractivity contribution in [2.45, 2.75) is 82.5 Å². The third kappa shape index (κ3) is 21.8. The lowest BCUT2D eigenvalue weighted by Crippen LogP contribution is -2.33. The Morgan fingerprint density at radius 2 is 0.744 bits per heavy atom. The minimum absolute atomic E-state index is 0.0773. The van der Waals surface area contributed by atoms with Crippen LogP contribution in [0.3, 0.4) is 0 Å². The maximum absolute atomic E-state index is 13.3. The second-order valence-corrected chi connectivity index (χ2v) is 35.4. The first-order valence-corrected chi connectivity index (χ1v) is 44.1. The van der Waals surface area contributed by atoms with Crippen LogP contribution >= 0.6 is 11.6 Å². The first-order valence-electron chi connectivity index (χ1n) is 40.4. The minimum Gasteiger partial charge on any atom is -0.491 e. The fraction of sp³-hybridized carbons (Fsp3) is 0.188. The summed E-state index contributed by atoms with van der Waals surface area (Å²) in [6.07, 6.45) is 19.2. The van der Waals surface area contributed by atoms with Crippen LogP contribution in [0.2, 0.25) is 5.02 Å². The highest BCUT2D eigenvalue weighted by Gasteiger charge is 2.30. The Morgan fingerprint density at radius 1 is 0.432 bits per heavy atom. The van der Waals surface area contributed by atoms with Gasteiger partial charge in [-0.2, -0.15) is 0 Å². The number of fused-ring (bicyclic) bond motifs is 4. The standard InChI is InChI=1S/C26H28N4O4S.C24H22ClN3O2.C24H30N4O2.C22H18FN3O3S/c1-17(2)34-22-13-11-21(12-14-22)30-18(3)9-10-19-15-24(28-25(19)30)26(31)27-20-7-6-8-23(16-20)35(32,33)29(4)5;1-15(2)30-21-11-9-20(10-12-21)28-16(3)7-8-17-13-22(27-23(17)28)24(29)26-19-6-4-5-18(25)14-19;1-17(2)30-21-10-8-20(9-11-21)28-18(3)6-7-19-16-22(26-23(19)28)24(29)25-12-15-27-13-4-5-14-27;1-14-6-7-15-12-20(25-21(15)26(14)18-10-8-16(23)9-11-18)22(27)24-17-4-3-5-19(13-17)30(2,28)29/h6-17,28H,3H2,1-2,4-5H3,(H,27,31);4-15,27H,3H2,1-2H3,(H,26,29);6-11,16-17,26H,3-5,12-15H2,1-2H3,(H,25,29);3-13,25H,1H2,2H3,(H,24,27). The number of amides is 4. The van der Waals surface area contributed by atoms with Gasteiger partial charge in [0.2, 0.25) is 10.0 Å². The highest BCUT2D eigenvalue weighted by Crippen LogP contribution is 2.43. The van der Waals surface area contributed by atoms with Gasteiger partial charge in [-0.05, 0) is 292 Å². The van der Waals surface area contributed by atoms with Crippen LogP contribution in [0.5, 0.6) is 17.2 Å². The lowest BCUT2D eigenvalue weighted by atomic mass is 10.1. The van der Waals surface area contributed by atoms with Crippen molar-refractivity contribution in [3.8, 4) is 17.2 Å². The van der Waals surface area contributed by atoms with Gasteiger partial charge in [0.25, 0.3) is 23.6 Å². The third-order valence-electron chi connectivity index (χ3n) is 20.0. The number of nitrogens with one attached hydrogen (secondary N) is 8. The molecule has 4 aromatic heterocycles. The number of carbonyl (C=O) groups is 4. The van der Waals surface area contributed by atoms with Crippen molar-refractivity contribution in [2.24, 2.45) is 0 Å². The number of hydrogen-bond acceptors (Lipinski definition) is 16. The van der Waals surface area contributed by atoms with Crippen LogP contribution in [-0.2, 0) is 19.9 Å². The number of halogens is 2. The number of allylic oxidation sites excluding steroid dienone is 4. The summed E-state index contributed by atoms with van der Waals surface area (Å²) >= 11 is 6.01. The van der Waals surface area contributed by atoms with Crippen LogP contribution < -0.4 is 55.1 Å². The number of H-pyrrole nitrogens is 4. The molecule has 0 bridgehead atoms. The smallest absolute Gasteiger partial charge is 0.272 e. The Labute approximate surface area is 732 Å². The highest BCUT2D eigenvalue weighted by atomic mass is 35.5. The summed E-state index contributed by atoms with van der Waals surface area (Å²) in [4.78, 5) is 74.3. The molecule has 0 atom stereocenters. The zero-order valence-corrected chi connectivity index (χ0v) is 73.0. The average molecular weight is 1740 g/mol. The number of anilines is 11. The van der Waals surface area contributed by atoms with E-state index in [9.17, 15) is 40.4 Å². The molecule has 0 aliphatic carbocycles. The summed E-state index contributed by atoms with van der Waals surface area (Å²) in [5.74, 6) is 3.90. The number of sulfone groups is 1. The molecule has 11 aromatic rings. The molecule has 0 radical (unpaired) electrons. The number of sulfonamides is 1. The van der Waals surface area contributed by atoms with Crippen molar-refractivity contribution >= 4 is 142 Å². The Hall–Kier alpha value is -13.9. The van der Waals surface area contributed by atoms with Crippen LogP contribution in [-0.4, -0.2) is 134 Å². The molecule has 0 unspecified atom stereocenters. The molecule has 1 fully saturated rings. The second kappa shape index (κ2) is 38.7. The van der Waals surface area contributed by atoms with Crippen molar-refractivity contribution in [3.05, 3.63) is 323 Å². The third-order valence-corrected chi connectivity index (χ3v) is 23.2. The molecule has 5 aliphatic heterocycles. The quantitative estimate of drug-likeness (QED) is 0.0295. The summed E-state index contributed by atoms with van der Waals surface area (Å²) in [7, 11) is -4.08. The molecule has 7 aromatic carbocycles. The van der Waals surface area contributed by atoms with Gasteiger partial charge in [0.05, 0.1) is 28.1 Å². The van der Waals surface area contributed by atoms with E-state index in [4.69, 9.17) is 25.8 Å². The van der Waals surface area contributed by atoms with Gasteiger partial charge in [-0.1, -0.05) is 56.1 Å². The number of likely N-dealkylation sites (tertiary alicyclic amines) is 1. The molecule has 0 spiro atoms. The normalized spacial score (nSPS) is 13.9. The summed E-state index contributed by atoms with van der Waals surface area (Å²) in [5.41, 5.74) is 13.0. The molecule has 4 amide bonds. The van der Waals surface area contributed by atoms with E-state index in [2.05, 4.69) is 72.4 Å². The van der Waals surface area contributed by atoms with Crippen LogP contribution in [0.1, 0.15) is 119 Å². The molecule has 5 aliphatic rings. The molecule has 9 heterocycles. The zero-order valence-electron chi connectivity index (χ0n) is 70.6. The SMILES string of the molecule is C=C1C=Cc2cc(C(=O)NCCN3CCCC3)[nH]c2N1c1ccc(OC(C)C)cc1.C=C1C=Cc2cc(C(=O)Nc3cccc(Cl)c3)[nH]c2N1c1ccc(OC(C)C)cc1.C=C1C=Cc2cc(C(=O)Nc3cccc(S(=O)(=O)N(C)C)c3)[nH]c2N1c1ccc(OC(C)C)cc1.C=C1C=Cc2cc(C(=O)Nc3cccc(S(C)(=O)=O)c3)[nH]c2N1c1ccc(F)cc1. The largest absolute Gasteiger partial charge is 0.491 e. The first-order chi connectivity index (χ1) is 59.7. The lowest BCUT2D eigenvalue weighted by molar-refractivity contribution is 0.0943. The van der Waals surface area contributed by atoms with Crippen LogP contribution in [0.15, 0.2) is 277 Å². The van der Waals surface area contributed by atoms with Gasteiger partial charge in [-0.15, -0.1) is 0 Å². The van der Waals surface area contributed by atoms with Crippen LogP contribution in [0.4, 0.5) is 67.5 Å². The van der Waals surface area contributed by atoms with E-state index in [0.717, 1.165) is 115 Å². The predicted molar refractivity (Wildman–Crippen MR) is 498 cm³/mol. The average Bonchev–Trinajstić information content (AvgIpc) is 1.65. The fourth-order valence-corrected chi connectivity index (χ4v) is 15.9. The van der Waals surface area contributed by atoms with Crippen molar-refractivity contribution in [1.29, 1.82) is 0 Å². The van der Waals surface area contributed by atoms with Gasteiger partial charge in [0, 0.05) is 123 Å². The van der Waals surface area contributed by atoms with E-state index < -0.39 is 31.7 Å². The Bertz CT molecular complexity index is 6270. The number of carbonyl (C=O) groups excluding carboxylic acids is 4. The van der Waals surface area contributed by atoms with Gasteiger partial charge in [-0.3, -0.25) is 38.8 Å². The monoisotopic (exact) mass is 1740 g/mol. The van der Waals surface area contributed by atoms with E-state index in [1.165, 1.54) is 63.3 Å². The van der Waals surface area contributed by atoms with Crippen molar-refractivity contribution in [2.75, 3.05) is 82.1 Å². The summed E-state index contributed by atoms with van der Waals surface area (Å²) < 4.78 is 80.0. The molecular weight excluding hydrogens is 1640 g/mol. The van der Waals surface area contributed by atoms with Gasteiger partial charge >= 0.3 is 0 Å². The maximum Gasteiger partial charge on any atom is 0.272 e. The maximum atomic E-state index is 13.3. The topological polar surface area (TPSA) is 295 Å². The number of ether oxygens (including phenoxy) is 3. The highest BCUT2D eigenvalue weighted by molar-refractivity contribution is 7.90. The summed E-state index contributed by atoms with van der Waals surface area (Å²) in [6.45, 7) is 32.2. The number of aromatic amines is 4. The number of benzene rings is 7. The van der Waals surface area contributed by atoms with Crippen LogP contribution in [0, 0.1) is 5.82 Å². The number of hydrogen-bond donors (Lipinski definition) is 8. The minimum atomic E-state index is -3.62. The number of aromatic nitrogens is 4. The molecule has 1 saturated heterocycles. The zero-order chi connectivity index (χ0) is 89.1. The van der Waals surface area contributed by atoms with Crippen molar-refractivity contribution < 1.29 is 54.6 Å². The van der Waals surface area contributed by atoms with Gasteiger partial charge < -0.3 is 60.3 Å². The van der Waals surface area contributed by atoms with E-state index >= 15 is 0 Å². The summed E-state index contributed by atoms with van der Waals surface area (Å²) in [6, 6.07) is 55.7. The number of nitrogens with zero attached hydrogens (tertiary/aromatic N) is 6. The molecular formula is C96H98ClFN14O11S2. The fourth-order valence-electron chi connectivity index (χ4n) is 14.1. The Morgan fingerprint density at radius 3 is 1.07 bits per heavy atom. The lowest BCUT2D eigenvalue weighted by Gasteiger charge is -2.27. The van der Waals surface area contributed by atoms with Gasteiger partial charge in [0.1, 0.15) is 69.1 Å². The molecule has 29 heteroatoms. The van der Waals surface area contributed by atoms with Crippen LogP contribution in [0.25, 0.3) is 24.3 Å². The van der Waals surface area contributed by atoms with E-state index in [1.54, 1.807) is 83.8 Å². The molecule has 125 heavy (non-hydrogen) atoms. The van der Waals surface area contributed by atoms with E-state index in [1.807, 2.05) is 184 Å². The van der Waals surface area contributed by atoms with E-state index in [0.29, 0.717) is 68.7 Å². The molecule has 644 valence electrons. The van der Waals surface area contributed by atoms with Crippen molar-refractivity contribution in [3.63, 3.8) is 0 Å². The summed E-state index contributed by atoms with van der Waals surface area (Å²) in [5, 5.41) is 11.9. The first kappa shape index (κ1) is 88.9. The molecule has 8 N–H and O–H groups in total.